The van der Waals surface area contributed by atoms with Gasteiger partial charge in [0.2, 0.25) is 0 Å². The lowest BCUT2D eigenvalue weighted by Crippen LogP contribution is -2.04. The summed E-state index contributed by atoms with van der Waals surface area (Å²) in [6.45, 7) is -0.313. The van der Waals surface area contributed by atoms with Crippen LogP contribution in [0.15, 0.2) is 30.5 Å². The van der Waals surface area contributed by atoms with Crippen LogP contribution in [0.4, 0.5) is 13.2 Å². The van der Waals surface area contributed by atoms with Gasteiger partial charge in [-0.1, -0.05) is 12.1 Å². The quantitative estimate of drug-likeness (QED) is 0.896. The highest BCUT2D eigenvalue weighted by Crippen LogP contribution is 2.32. The lowest BCUT2D eigenvalue weighted by Gasteiger charge is -2.08. The van der Waals surface area contributed by atoms with Crippen LogP contribution in [0.25, 0.3) is 11.1 Å². The van der Waals surface area contributed by atoms with Crippen LogP contribution in [-0.2, 0) is 19.8 Å². The fraction of sp³-hybridized carbons (Fsp3) is 0.250. The molecule has 3 nitrogen and oxygen atoms in total. The van der Waals surface area contributed by atoms with Crippen molar-refractivity contribution >= 4 is 0 Å². The molecule has 0 amide bonds. The van der Waals surface area contributed by atoms with E-state index < -0.39 is 11.7 Å². The highest BCUT2D eigenvalue weighted by molar-refractivity contribution is 5.66. The van der Waals surface area contributed by atoms with E-state index in [1.807, 2.05) is 0 Å². The van der Waals surface area contributed by atoms with Gasteiger partial charge in [0.15, 0.2) is 0 Å². The van der Waals surface area contributed by atoms with Crippen LogP contribution in [0.5, 0.6) is 0 Å². The van der Waals surface area contributed by atoms with Gasteiger partial charge in [-0.15, -0.1) is 0 Å². The summed E-state index contributed by atoms with van der Waals surface area (Å²) in [4.78, 5) is 0. The summed E-state index contributed by atoms with van der Waals surface area (Å²) in [5.74, 6) is 0. The Morgan fingerprint density at radius 1 is 1.33 bits per heavy atom. The highest BCUT2D eigenvalue weighted by atomic mass is 19.4. The molecule has 0 aliphatic carbocycles. The van der Waals surface area contributed by atoms with Gasteiger partial charge in [0, 0.05) is 18.8 Å². The van der Waals surface area contributed by atoms with Crippen LogP contribution in [0.3, 0.4) is 0 Å². The molecule has 0 atom stereocenters. The molecule has 1 aromatic carbocycles. The summed E-state index contributed by atoms with van der Waals surface area (Å²) in [5, 5.41) is 13.1. The maximum atomic E-state index is 12.6. The first-order chi connectivity index (χ1) is 8.41. The van der Waals surface area contributed by atoms with E-state index in [1.54, 1.807) is 19.3 Å². The second-order valence-corrected chi connectivity index (χ2v) is 3.90. The van der Waals surface area contributed by atoms with Crippen LogP contribution >= 0.6 is 0 Å². The number of aromatic nitrogens is 2. The molecule has 1 heterocycles. The number of hydrogen-bond acceptors (Lipinski definition) is 2. The van der Waals surface area contributed by atoms with Crippen molar-refractivity contribution in [3.05, 3.63) is 41.7 Å². The van der Waals surface area contributed by atoms with Crippen molar-refractivity contribution in [1.82, 2.24) is 9.78 Å². The van der Waals surface area contributed by atoms with Crippen LogP contribution in [0.2, 0.25) is 0 Å². The van der Waals surface area contributed by atoms with Crippen molar-refractivity contribution in [2.24, 2.45) is 7.05 Å². The van der Waals surface area contributed by atoms with E-state index in [-0.39, 0.29) is 6.61 Å². The van der Waals surface area contributed by atoms with Crippen molar-refractivity contribution in [2.75, 3.05) is 0 Å². The first-order valence-corrected chi connectivity index (χ1v) is 5.23. The third-order valence-electron chi connectivity index (χ3n) is 2.56. The molecule has 0 fully saturated rings. The zero-order valence-electron chi connectivity index (χ0n) is 9.57. The molecule has 96 valence electrons. The Bertz CT molecular complexity index is 561. The van der Waals surface area contributed by atoms with Gasteiger partial charge in [-0.25, -0.2) is 0 Å². The standard InChI is InChI=1S/C12H11F3N2O/c1-17-6-10(11(7-18)16-17)8-3-2-4-9(5-8)12(13,14)15/h2-6,18H,7H2,1H3. The molecule has 0 bridgehead atoms. The van der Waals surface area contributed by atoms with E-state index in [0.29, 0.717) is 16.8 Å². The number of aliphatic hydroxyl groups is 1. The largest absolute Gasteiger partial charge is 0.416 e. The molecular formula is C12H11F3N2O. The Labute approximate surface area is 101 Å². The average Bonchev–Trinajstić information content (AvgIpc) is 2.69. The van der Waals surface area contributed by atoms with Gasteiger partial charge in [0.05, 0.1) is 17.9 Å². The first kappa shape index (κ1) is 12.6. The van der Waals surface area contributed by atoms with E-state index in [9.17, 15) is 13.2 Å². The smallest absolute Gasteiger partial charge is 0.390 e. The predicted octanol–water partition coefficient (Wildman–Crippen LogP) is 2.60. The second kappa shape index (κ2) is 4.45. The second-order valence-electron chi connectivity index (χ2n) is 3.90. The molecule has 6 heteroatoms. The number of rotatable bonds is 2. The van der Waals surface area contributed by atoms with Crippen molar-refractivity contribution < 1.29 is 18.3 Å². The molecule has 0 unspecified atom stereocenters. The van der Waals surface area contributed by atoms with Gasteiger partial charge in [0.25, 0.3) is 0 Å². The zero-order chi connectivity index (χ0) is 13.3. The van der Waals surface area contributed by atoms with E-state index >= 15 is 0 Å². The average molecular weight is 256 g/mol. The van der Waals surface area contributed by atoms with Gasteiger partial charge in [-0.05, 0) is 17.7 Å². The Balaban J connectivity index is 2.51. The SMILES string of the molecule is Cn1cc(-c2cccc(C(F)(F)F)c2)c(CO)n1. The van der Waals surface area contributed by atoms with Gasteiger partial charge >= 0.3 is 6.18 Å². The highest BCUT2D eigenvalue weighted by Gasteiger charge is 2.30. The summed E-state index contributed by atoms with van der Waals surface area (Å²) in [5.41, 5.74) is 0.539. The monoisotopic (exact) mass is 256 g/mol. The number of nitrogens with zero attached hydrogens (tertiary/aromatic N) is 2. The summed E-state index contributed by atoms with van der Waals surface area (Å²) in [6.07, 6.45) is -2.79. The summed E-state index contributed by atoms with van der Waals surface area (Å²) in [6, 6.07) is 4.96. The van der Waals surface area contributed by atoms with Gasteiger partial charge in [0.1, 0.15) is 0 Å². The summed E-state index contributed by atoms with van der Waals surface area (Å²) < 4.78 is 39.3. The van der Waals surface area contributed by atoms with E-state index in [4.69, 9.17) is 5.11 Å². The Morgan fingerprint density at radius 2 is 2.06 bits per heavy atom. The van der Waals surface area contributed by atoms with Crippen molar-refractivity contribution in [1.29, 1.82) is 0 Å². The normalized spacial score (nSPS) is 11.8. The molecule has 0 aliphatic rings. The fourth-order valence-corrected chi connectivity index (χ4v) is 1.76. The number of hydrogen-bond donors (Lipinski definition) is 1. The number of halogens is 3. The van der Waals surface area contributed by atoms with Crippen LogP contribution in [0.1, 0.15) is 11.3 Å². The molecule has 0 radical (unpaired) electrons. The Kier molecular flexibility index (Phi) is 3.13. The minimum Gasteiger partial charge on any atom is -0.390 e. The number of alkyl halides is 3. The Morgan fingerprint density at radius 3 is 2.67 bits per heavy atom. The molecular weight excluding hydrogens is 245 g/mol. The van der Waals surface area contributed by atoms with Crippen molar-refractivity contribution in [2.45, 2.75) is 12.8 Å². The molecule has 18 heavy (non-hydrogen) atoms. The molecule has 2 rings (SSSR count). The molecule has 1 aromatic heterocycles. The molecule has 0 spiro atoms. The third-order valence-corrected chi connectivity index (χ3v) is 2.56. The number of benzene rings is 1. The van der Waals surface area contributed by atoms with Crippen LogP contribution in [-0.4, -0.2) is 14.9 Å². The van der Waals surface area contributed by atoms with Crippen molar-refractivity contribution in [3.8, 4) is 11.1 Å². The van der Waals surface area contributed by atoms with E-state index in [0.717, 1.165) is 12.1 Å². The lowest BCUT2D eigenvalue weighted by atomic mass is 10.0. The minimum atomic E-state index is -4.38. The molecule has 0 aliphatic heterocycles. The fourth-order valence-electron chi connectivity index (χ4n) is 1.76. The molecule has 1 N–H and O–H groups in total. The van der Waals surface area contributed by atoms with E-state index in [1.165, 1.54) is 10.7 Å². The summed E-state index contributed by atoms with van der Waals surface area (Å²) >= 11 is 0. The number of aliphatic hydroxyl groups excluding tert-OH is 1. The molecule has 2 aromatic rings. The predicted molar refractivity (Wildman–Crippen MR) is 59.6 cm³/mol. The maximum absolute atomic E-state index is 12.6. The Hall–Kier alpha value is -1.82. The van der Waals surface area contributed by atoms with E-state index in [2.05, 4.69) is 5.10 Å². The minimum absolute atomic E-state index is 0.313. The van der Waals surface area contributed by atoms with Crippen LogP contribution in [0, 0.1) is 0 Å². The van der Waals surface area contributed by atoms with Gasteiger partial charge in [-0.2, -0.15) is 18.3 Å². The van der Waals surface area contributed by atoms with Gasteiger partial charge in [-0.3, -0.25) is 4.68 Å². The lowest BCUT2D eigenvalue weighted by molar-refractivity contribution is -0.137. The number of aryl methyl sites for hydroxylation is 1. The van der Waals surface area contributed by atoms with Crippen LogP contribution < -0.4 is 0 Å². The maximum Gasteiger partial charge on any atom is 0.416 e. The van der Waals surface area contributed by atoms with Gasteiger partial charge < -0.3 is 5.11 Å². The zero-order valence-corrected chi connectivity index (χ0v) is 9.57. The summed E-state index contributed by atoms with van der Waals surface area (Å²) in [7, 11) is 1.65. The third kappa shape index (κ3) is 2.38. The molecule has 0 saturated carbocycles. The first-order valence-electron chi connectivity index (χ1n) is 5.23. The molecule has 0 saturated heterocycles. The topological polar surface area (TPSA) is 38.0 Å². The van der Waals surface area contributed by atoms with Crippen molar-refractivity contribution in [3.63, 3.8) is 0 Å².